The second-order valence-corrected chi connectivity index (χ2v) is 17.2. The molecule has 0 aliphatic rings. The first-order chi connectivity index (χ1) is 32.9. The molecule has 2 aromatic carbocycles. The fraction of sp³-hybridized carbons (Fsp3) is 0.435. The van der Waals surface area contributed by atoms with Gasteiger partial charge in [-0.1, -0.05) is 51.1 Å². The molecule has 22 nitrogen and oxygen atoms in total. The number of carbonyl (C=O) groups is 10. The third kappa shape index (κ3) is 18.4. The number of halogens is 2. The van der Waals surface area contributed by atoms with Gasteiger partial charge in [0.15, 0.2) is 0 Å². The lowest BCUT2D eigenvalue weighted by atomic mass is 9.82. The van der Waals surface area contributed by atoms with Crippen LogP contribution in [0.4, 0.5) is 8.78 Å². The van der Waals surface area contributed by atoms with Crippen molar-refractivity contribution in [3.63, 3.8) is 0 Å². The number of rotatable bonds is 27. The minimum Gasteiger partial charge on any atom is -0.481 e. The Hall–Kier alpha value is -7.76. The summed E-state index contributed by atoms with van der Waals surface area (Å²) in [5.41, 5.74) is 11.1. The number of aliphatic carboxylic acids is 1. The molecule has 0 saturated carbocycles. The number of nitrogens with two attached hydrogens (primary N) is 2. The van der Waals surface area contributed by atoms with Crippen LogP contribution in [0.2, 0.25) is 0 Å². The third-order valence-electron chi connectivity index (χ3n) is 10.4. The Balaban J connectivity index is 2.05. The Morgan fingerprint density at radius 2 is 1.34 bits per heavy atom. The standard InChI is InChI=1S/C46H60F2N10O12/c1-26(60)54-33(20-36(49)61)44(69)56-34(21-37(50)62)45(70)55-32(43(68)52-16-15-51-39(64)22-53-38(63)12-13-41(66)67)14-17-58(40(65)25-59)42(46(2,3)4)35-18-28(30-19-29(47)10-11-31(30)48)24-57(35)23-27-8-6-5-7-9-27/h5-11,18-19,24,32-34,42,59H,12-17,20-23,25H2,1-4H3,(H2,49,61)(H2,50,62)(H,51,64)(H,52,68)(H,53,63)(H,54,60)(H,55,70)(H,56,69)(H,66,67)/t32-,33+,34-,42-/m0/s1. The van der Waals surface area contributed by atoms with Crippen molar-refractivity contribution in [3.05, 3.63) is 83.7 Å². The minimum absolute atomic E-state index is 0.0764. The summed E-state index contributed by atoms with van der Waals surface area (Å²) in [6.45, 7) is 4.12. The van der Waals surface area contributed by atoms with Crippen LogP contribution >= 0.6 is 0 Å². The van der Waals surface area contributed by atoms with Crippen LogP contribution < -0.4 is 43.4 Å². The summed E-state index contributed by atoms with van der Waals surface area (Å²) in [6.07, 6.45) is -1.20. The highest BCUT2D eigenvalue weighted by atomic mass is 19.1. The smallest absolute Gasteiger partial charge is 0.303 e. The lowest BCUT2D eigenvalue weighted by molar-refractivity contribution is -0.140. The SMILES string of the molecule is CC(=O)N[C@H](CC(N)=O)C(=O)N[C@@H](CC(N)=O)C(=O)N[C@@H](CCN(C(=O)CO)[C@@H](c1cc(-c2cc(F)ccc2F)cn1Cc1ccccc1)C(C)(C)C)C(=O)NCCNC(=O)CNC(=O)CCC(=O)O. The van der Waals surface area contributed by atoms with E-state index in [9.17, 15) is 57.4 Å². The maximum absolute atomic E-state index is 15.3. The Labute approximate surface area is 401 Å². The molecule has 0 bridgehead atoms. The minimum atomic E-state index is -1.81. The fourth-order valence-corrected chi connectivity index (χ4v) is 7.31. The lowest BCUT2D eigenvalue weighted by Crippen LogP contribution is -2.58. The van der Waals surface area contributed by atoms with Gasteiger partial charge in [0, 0.05) is 62.5 Å². The van der Waals surface area contributed by atoms with E-state index in [4.69, 9.17) is 16.6 Å². The van der Waals surface area contributed by atoms with E-state index in [1.54, 1.807) is 49.7 Å². The van der Waals surface area contributed by atoms with Crippen molar-refractivity contribution >= 4 is 59.1 Å². The highest BCUT2D eigenvalue weighted by Crippen LogP contribution is 2.41. The average molecular weight is 983 g/mol. The second-order valence-electron chi connectivity index (χ2n) is 17.2. The summed E-state index contributed by atoms with van der Waals surface area (Å²) in [7, 11) is 0. The molecular weight excluding hydrogens is 923 g/mol. The number of nitrogens with zero attached hydrogens (tertiary/aromatic N) is 2. The van der Waals surface area contributed by atoms with E-state index in [0.717, 1.165) is 30.7 Å². The number of hydrogen-bond acceptors (Lipinski definition) is 11. The van der Waals surface area contributed by atoms with Gasteiger partial charge in [-0.2, -0.15) is 0 Å². The van der Waals surface area contributed by atoms with Gasteiger partial charge in [-0.05, 0) is 41.7 Å². The van der Waals surface area contributed by atoms with Gasteiger partial charge in [-0.15, -0.1) is 0 Å². The number of amides is 9. The molecule has 1 aromatic heterocycles. The van der Waals surface area contributed by atoms with Crippen molar-refractivity contribution in [1.29, 1.82) is 0 Å². The maximum atomic E-state index is 15.3. The van der Waals surface area contributed by atoms with Crippen molar-refractivity contribution in [3.8, 4) is 11.1 Å². The normalized spacial score (nSPS) is 12.8. The van der Waals surface area contributed by atoms with E-state index < -0.39 is 146 Å². The fourth-order valence-electron chi connectivity index (χ4n) is 7.31. The van der Waals surface area contributed by atoms with E-state index in [1.165, 1.54) is 4.90 Å². The molecule has 0 radical (unpaired) electrons. The summed E-state index contributed by atoms with van der Waals surface area (Å²) in [5, 5.41) is 33.3. The van der Waals surface area contributed by atoms with Crippen LogP contribution in [-0.2, 0) is 54.5 Å². The van der Waals surface area contributed by atoms with E-state index in [2.05, 4.69) is 31.9 Å². The monoisotopic (exact) mass is 982 g/mol. The molecule has 9 amide bonds. The molecule has 4 atom stereocenters. The van der Waals surface area contributed by atoms with Crippen molar-refractivity contribution < 1.29 is 66.9 Å². The van der Waals surface area contributed by atoms with Gasteiger partial charge >= 0.3 is 5.97 Å². The van der Waals surface area contributed by atoms with Crippen molar-refractivity contribution in [2.24, 2.45) is 16.9 Å². The van der Waals surface area contributed by atoms with Gasteiger partial charge in [-0.25, -0.2) is 8.78 Å². The zero-order chi connectivity index (χ0) is 52.3. The molecule has 12 N–H and O–H groups in total. The largest absolute Gasteiger partial charge is 0.481 e. The number of hydrogen-bond donors (Lipinski definition) is 10. The van der Waals surface area contributed by atoms with E-state index in [-0.39, 0.29) is 37.2 Å². The zero-order valence-electron chi connectivity index (χ0n) is 39.1. The molecule has 0 fully saturated rings. The number of benzene rings is 2. The molecule has 3 aromatic rings. The predicted octanol–water partition coefficient (Wildman–Crippen LogP) is -0.782. The summed E-state index contributed by atoms with van der Waals surface area (Å²) in [4.78, 5) is 127. The third-order valence-corrected chi connectivity index (χ3v) is 10.4. The number of aliphatic hydroxyl groups is 1. The zero-order valence-corrected chi connectivity index (χ0v) is 39.1. The number of aliphatic hydroxyl groups excluding tert-OH is 1. The van der Waals surface area contributed by atoms with Gasteiger partial charge in [0.2, 0.25) is 53.2 Å². The highest BCUT2D eigenvalue weighted by Gasteiger charge is 2.38. The highest BCUT2D eigenvalue weighted by molar-refractivity contribution is 5.97. The molecule has 380 valence electrons. The van der Waals surface area contributed by atoms with Crippen molar-refractivity contribution in [2.45, 2.75) is 90.5 Å². The number of carboxylic acids is 1. The summed E-state index contributed by atoms with van der Waals surface area (Å²) in [5.74, 6) is -10.9. The first-order valence-electron chi connectivity index (χ1n) is 22.0. The Bertz CT molecular complexity index is 2380. The van der Waals surface area contributed by atoms with Crippen LogP contribution in [0.3, 0.4) is 0 Å². The molecule has 0 aliphatic carbocycles. The van der Waals surface area contributed by atoms with Gasteiger partial charge in [-0.3, -0.25) is 47.9 Å². The number of aromatic nitrogens is 1. The van der Waals surface area contributed by atoms with Crippen LogP contribution in [0.15, 0.2) is 60.8 Å². The van der Waals surface area contributed by atoms with Crippen LogP contribution in [0.1, 0.15) is 77.1 Å². The quantitative estimate of drug-likeness (QED) is 0.0421. The maximum Gasteiger partial charge on any atom is 0.303 e. The lowest BCUT2D eigenvalue weighted by Gasteiger charge is -2.41. The molecule has 0 spiro atoms. The van der Waals surface area contributed by atoms with Gasteiger partial charge in [0.25, 0.3) is 0 Å². The second kappa shape index (κ2) is 26.7. The average Bonchev–Trinajstić information content (AvgIpc) is 3.68. The Kier molecular flexibility index (Phi) is 21.6. The first kappa shape index (κ1) is 56.6. The van der Waals surface area contributed by atoms with Crippen molar-refractivity contribution in [1.82, 2.24) is 41.4 Å². The van der Waals surface area contributed by atoms with E-state index in [0.29, 0.717) is 5.69 Å². The van der Waals surface area contributed by atoms with Crippen LogP contribution in [0.25, 0.3) is 11.1 Å². The van der Waals surface area contributed by atoms with Gasteiger partial charge < -0.3 is 63.0 Å². The summed E-state index contributed by atoms with van der Waals surface area (Å²) in [6, 6.07) is 7.62. The van der Waals surface area contributed by atoms with Crippen LogP contribution in [0.5, 0.6) is 0 Å². The first-order valence-corrected chi connectivity index (χ1v) is 22.0. The van der Waals surface area contributed by atoms with Gasteiger partial charge in [0.1, 0.15) is 36.4 Å². The molecule has 0 unspecified atom stereocenters. The Morgan fingerprint density at radius 3 is 1.91 bits per heavy atom. The van der Waals surface area contributed by atoms with Gasteiger partial charge in [0.05, 0.1) is 31.8 Å². The molecule has 24 heteroatoms. The number of primary amides is 2. The Morgan fingerprint density at radius 1 is 0.743 bits per heavy atom. The topological polar surface area (TPSA) is 344 Å². The molecular formula is C46H60F2N10O12. The summed E-state index contributed by atoms with van der Waals surface area (Å²) < 4.78 is 31.6. The van der Waals surface area contributed by atoms with Crippen LogP contribution in [0, 0.1) is 17.0 Å². The molecule has 0 aliphatic heterocycles. The van der Waals surface area contributed by atoms with Crippen LogP contribution in [-0.4, -0.2) is 130 Å². The number of carboxylic acid groups (broad SMARTS) is 1. The number of carbonyl (C=O) groups excluding carboxylic acids is 9. The molecule has 0 saturated heterocycles. The number of nitrogens with one attached hydrogen (secondary N) is 6. The van der Waals surface area contributed by atoms with E-state index in [1.807, 2.05) is 18.2 Å². The van der Waals surface area contributed by atoms with Crippen molar-refractivity contribution in [2.75, 3.05) is 32.8 Å². The molecule has 70 heavy (non-hydrogen) atoms. The summed E-state index contributed by atoms with van der Waals surface area (Å²) >= 11 is 0. The molecule has 1 heterocycles. The van der Waals surface area contributed by atoms with E-state index >= 15 is 4.39 Å². The molecule has 3 rings (SSSR count). The predicted molar refractivity (Wildman–Crippen MR) is 246 cm³/mol.